The fraction of sp³-hybridized carbons (Fsp3) is 0.600. The first-order valence-corrected chi connectivity index (χ1v) is 8.14. The van der Waals surface area contributed by atoms with Crippen LogP contribution >= 0.6 is 11.8 Å². The van der Waals surface area contributed by atoms with E-state index in [1.54, 1.807) is 11.8 Å². The second kappa shape index (κ2) is 8.57. The van der Waals surface area contributed by atoms with Gasteiger partial charge in [-0.05, 0) is 49.9 Å². The van der Waals surface area contributed by atoms with Crippen molar-refractivity contribution in [3.05, 3.63) is 29.8 Å². The van der Waals surface area contributed by atoms with E-state index >= 15 is 0 Å². The van der Waals surface area contributed by atoms with Crippen molar-refractivity contribution >= 4 is 11.8 Å². The summed E-state index contributed by atoms with van der Waals surface area (Å²) in [5.41, 5.74) is 7.47. The van der Waals surface area contributed by atoms with Gasteiger partial charge < -0.3 is 10.6 Å². The van der Waals surface area contributed by atoms with Gasteiger partial charge in [0, 0.05) is 17.5 Å². The molecule has 1 aromatic carbocycles. The first-order valence-electron chi connectivity index (χ1n) is 6.91. The molecule has 102 valence electrons. The van der Waals surface area contributed by atoms with E-state index in [4.69, 9.17) is 5.73 Å². The Labute approximate surface area is 116 Å². The van der Waals surface area contributed by atoms with E-state index in [1.165, 1.54) is 36.4 Å². The van der Waals surface area contributed by atoms with Crippen LogP contribution in [0.25, 0.3) is 0 Å². The Kier molecular flexibility index (Phi) is 7.40. The lowest BCUT2D eigenvalue weighted by Crippen LogP contribution is -2.29. The van der Waals surface area contributed by atoms with Crippen LogP contribution in [0.2, 0.25) is 0 Å². The zero-order chi connectivity index (χ0) is 13.4. The van der Waals surface area contributed by atoms with Gasteiger partial charge in [-0.15, -0.1) is 11.8 Å². The highest BCUT2D eigenvalue weighted by molar-refractivity contribution is 7.98. The molecule has 1 aliphatic rings. The fourth-order valence-electron chi connectivity index (χ4n) is 2.20. The number of nitrogens with zero attached hydrogens (tertiary/aromatic N) is 1. The molecule has 1 saturated heterocycles. The van der Waals surface area contributed by atoms with Crippen LogP contribution in [-0.4, -0.2) is 30.8 Å². The highest BCUT2D eigenvalue weighted by atomic mass is 32.2. The molecule has 1 heterocycles. The molecule has 0 radical (unpaired) electrons. The summed E-state index contributed by atoms with van der Waals surface area (Å²) in [6.07, 6.45) is 4.76. The molecular weight excluding hydrogens is 240 g/mol. The van der Waals surface area contributed by atoms with Crippen LogP contribution in [0.3, 0.4) is 0 Å². The molecule has 1 aromatic rings. The third-order valence-electron chi connectivity index (χ3n) is 3.20. The molecule has 18 heavy (non-hydrogen) atoms. The number of thioether (sulfide) groups is 1. The highest BCUT2D eigenvalue weighted by Gasteiger charge is 2.15. The van der Waals surface area contributed by atoms with Crippen molar-refractivity contribution in [1.29, 1.82) is 0 Å². The number of benzene rings is 1. The second-order valence-electron chi connectivity index (χ2n) is 4.39. The van der Waals surface area contributed by atoms with Gasteiger partial charge in [-0.2, -0.15) is 0 Å². The lowest BCUT2D eigenvalue weighted by molar-refractivity contribution is 0.316. The molecule has 2 N–H and O–H groups in total. The summed E-state index contributed by atoms with van der Waals surface area (Å²) in [4.78, 5) is 3.77. The molecule has 0 aromatic heterocycles. The van der Waals surface area contributed by atoms with Gasteiger partial charge in [-0.1, -0.05) is 26.0 Å². The normalized spacial score (nSPS) is 17.1. The van der Waals surface area contributed by atoms with E-state index in [-0.39, 0.29) is 6.04 Å². The average Bonchev–Trinajstić information content (AvgIpc) is 2.94. The topological polar surface area (TPSA) is 29.3 Å². The molecule has 0 spiro atoms. The predicted molar refractivity (Wildman–Crippen MR) is 82.2 cm³/mol. The molecule has 2 nitrogen and oxygen atoms in total. The van der Waals surface area contributed by atoms with Gasteiger partial charge in [0.05, 0.1) is 0 Å². The summed E-state index contributed by atoms with van der Waals surface area (Å²) >= 11 is 1.77. The van der Waals surface area contributed by atoms with E-state index in [1.807, 2.05) is 13.8 Å². The van der Waals surface area contributed by atoms with Crippen LogP contribution in [0, 0.1) is 0 Å². The number of rotatable bonds is 4. The predicted octanol–water partition coefficient (Wildman–Crippen LogP) is 3.53. The summed E-state index contributed by atoms with van der Waals surface area (Å²) in [6, 6.07) is 8.79. The molecule has 1 fully saturated rings. The van der Waals surface area contributed by atoms with Gasteiger partial charge in [0.25, 0.3) is 0 Å². The molecule has 1 unspecified atom stereocenters. The lowest BCUT2D eigenvalue weighted by Gasteiger charge is -2.20. The van der Waals surface area contributed by atoms with Crippen LogP contribution in [-0.2, 0) is 0 Å². The van der Waals surface area contributed by atoms with Crippen molar-refractivity contribution < 1.29 is 0 Å². The van der Waals surface area contributed by atoms with Crippen molar-refractivity contribution in [2.24, 2.45) is 5.73 Å². The van der Waals surface area contributed by atoms with Crippen LogP contribution in [0.1, 0.15) is 38.3 Å². The van der Waals surface area contributed by atoms with E-state index in [0.717, 1.165) is 6.54 Å². The average molecular weight is 266 g/mol. The summed E-state index contributed by atoms with van der Waals surface area (Å²) in [7, 11) is 0. The largest absolute Gasteiger partial charge is 0.323 e. The minimum Gasteiger partial charge on any atom is -0.323 e. The number of hydrogen-bond donors (Lipinski definition) is 1. The quantitative estimate of drug-likeness (QED) is 0.845. The van der Waals surface area contributed by atoms with Crippen molar-refractivity contribution in [3.63, 3.8) is 0 Å². The van der Waals surface area contributed by atoms with E-state index in [2.05, 4.69) is 35.4 Å². The summed E-state index contributed by atoms with van der Waals surface area (Å²) in [5, 5.41) is 0. The maximum Gasteiger partial charge on any atom is 0.0424 e. The van der Waals surface area contributed by atoms with Gasteiger partial charge in [-0.25, -0.2) is 0 Å². The fourth-order valence-corrected chi connectivity index (χ4v) is 2.61. The molecular formula is C15H26N2S. The molecule has 1 aliphatic heterocycles. The minimum atomic E-state index is 0.161. The smallest absolute Gasteiger partial charge is 0.0424 e. The lowest BCUT2D eigenvalue weighted by atomic mass is 10.1. The Balaban J connectivity index is 0.000000771. The third kappa shape index (κ3) is 4.63. The molecule has 1 atom stereocenters. The molecule has 3 heteroatoms. The second-order valence-corrected chi connectivity index (χ2v) is 5.27. The SMILES string of the molecule is CC.CSc1ccc(C(N)CN2CCCC2)cc1. The standard InChI is InChI=1S/C13H20N2S.C2H6/c1-16-12-6-4-11(5-7-12)13(14)10-15-8-2-3-9-15;1-2/h4-7,13H,2-3,8-10,14H2,1H3;1-2H3. The van der Waals surface area contributed by atoms with Crippen molar-refractivity contribution in [2.45, 2.75) is 37.6 Å². The zero-order valence-corrected chi connectivity index (χ0v) is 12.7. The first-order chi connectivity index (χ1) is 8.79. The number of nitrogens with two attached hydrogens (primary N) is 1. The maximum atomic E-state index is 6.22. The summed E-state index contributed by atoms with van der Waals surface area (Å²) in [5.74, 6) is 0. The van der Waals surface area contributed by atoms with Gasteiger partial charge in [0.2, 0.25) is 0 Å². The Morgan fingerprint density at radius 2 is 1.72 bits per heavy atom. The molecule has 0 amide bonds. The van der Waals surface area contributed by atoms with Gasteiger partial charge >= 0.3 is 0 Å². The summed E-state index contributed by atoms with van der Waals surface area (Å²) in [6.45, 7) is 7.44. The maximum absolute atomic E-state index is 6.22. The van der Waals surface area contributed by atoms with E-state index < -0.39 is 0 Å². The molecule has 0 bridgehead atoms. The van der Waals surface area contributed by atoms with Crippen LogP contribution < -0.4 is 5.73 Å². The first kappa shape index (κ1) is 15.5. The highest BCUT2D eigenvalue weighted by Crippen LogP contribution is 2.19. The van der Waals surface area contributed by atoms with Crippen LogP contribution in [0.4, 0.5) is 0 Å². The molecule has 0 aliphatic carbocycles. The molecule has 2 rings (SSSR count). The van der Waals surface area contributed by atoms with Crippen molar-refractivity contribution in [2.75, 3.05) is 25.9 Å². The molecule has 0 saturated carbocycles. The van der Waals surface area contributed by atoms with E-state index in [0.29, 0.717) is 0 Å². The van der Waals surface area contributed by atoms with Gasteiger partial charge in [0.15, 0.2) is 0 Å². The monoisotopic (exact) mass is 266 g/mol. The van der Waals surface area contributed by atoms with Crippen molar-refractivity contribution in [3.8, 4) is 0 Å². The summed E-state index contributed by atoms with van der Waals surface area (Å²) < 4.78 is 0. The zero-order valence-electron chi connectivity index (χ0n) is 11.9. The van der Waals surface area contributed by atoms with Gasteiger partial charge in [0.1, 0.15) is 0 Å². The Morgan fingerprint density at radius 3 is 2.22 bits per heavy atom. The van der Waals surface area contributed by atoms with E-state index in [9.17, 15) is 0 Å². The third-order valence-corrected chi connectivity index (χ3v) is 3.94. The Morgan fingerprint density at radius 1 is 1.17 bits per heavy atom. The number of likely N-dealkylation sites (tertiary alicyclic amines) is 1. The van der Waals surface area contributed by atoms with Crippen LogP contribution in [0.5, 0.6) is 0 Å². The van der Waals surface area contributed by atoms with Gasteiger partial charge in [-0.3, -0.25) is 0 Å². The Bertz CT molecular complexity index is 318. The van der Waals surface area contributed by atoms with Crippen molar-refractivity contribution in [1.82, 2.24) is 4.90 Å². The van der Waals surface area contributed by atoms with Crippen LogP contribution in [0.15, 0.2) is 29.2 Å². The Hall–Kier alpha value is -0.510. The minimum absolute atomic E-state index is 0.161. The number of hydrogen-bond acceptors (Lipinski definition) is 3.